The normalized spacial score (nSPS) is 17.4. The minimum Gasteiger partial charge on any atom is -0.447 e. The fourth-order valence-corrected chi connectivity index (χ4v) is 3.36. The molecule has 1 aliphatic heterocycles. The number of alkyl halides is 3. The molecule has 1 saturated heterocycles. The van der Waals surface area contributed by atoms with Gasteiger partial charge in [0.2, 0.25) is 6.10 Å². The molecule has 0 saturated carbocycles. The van der Waals surface area contributed by atoms with Gasteiger partial charge in [0.1, 0.15) is 17.4 Å². The van der Waals surface area contributed by atoms with Crippen LogP contribution in [-0.4, -0.2) is 36.6 Å². The van der Waals surface area contributed by atoms with Crippen molar-refractivity contribution in [3.8, 4) is 5.75 Å². The van der Waals surface area contributed by atoms with E-state index in [1.54, 1.807) is 27.7 Å². The Balaban J connectivity index is 1.94. The number of nitrogens with one attached hydrogen (secondary N) is 1. The molecular weight excluding hydrogens is 492 g/mol. The highest BCUT2D eigenvalue weighted by atomic mass is 19.4. The Labute approximate surface area is 204 Å². The van der Waals surface area contributed by atoms with Crippen molar-refractivity contribution in [2.24, 2.45) is 0 Å². The number of ether oxygens (including phenoxy) is 2. The van der Waals surface area contributed by atoms with Crippen LogP contribution in [0.2, 0.25) is 0 Å². The van der Waals surface area contributed by atoms with Crippen LogP contribution in [0.5, 0.6) is 5.75 Å². The number of carbonyl (C=O) groups is 2. The lowest BCUT2D eigenvalue weighted by Crippen LogP contribution is -2.41. The van der Waals surface area contributed by atoms with Crippen molar-refractivity contribution in [1.82, 2.24) is 0 Å². The van der Waals surface area contributed by atoms with Gasteiger partial charge in [-0.3, -0.25) is 9.59 Å². The summed E-state index contributed by atoms with van der Waals surface area (Å²) in [4.78, 5) is 24.3. The number of anilines is 1. The predicted octanol–water partition coefficient (Wildman–Crippen LogP) is 4.41. The van der Waals surface area contributed by atoms with Crippen molar-refractivity contribution in [3.05, 3.63) is 53.6 Å². The van der Waals surface area contributed by atoms with Crippen LogP contribution in [0.4, 0.5) is 27.6 Å². The molecule has 1 heterocycles. The van der Waals surface area contributed by atoms with Crippen molar-refractivity contribution < 1.29 is 50.3 Å². The Morgan fingerprint density at radius 1 is 0.972 bits per heavy atom. The monoisotopic (exact) mass is 515 g/mol. The van der Waals surface area contributed by atoms with Gasteiger partial charge in [0, 0.05) is 35.8 Å². The van der Waals surface area contributed by atoms with Crippen LogP contribution in [0.15, 0.2) is 36.4 Å². The lowest BCUT2D eigenvalue weighted by molar-refractivity contribution is -0.274. The second kappa shape index (κ2) is 9.70. The minimum atomic E-state index is -5.08. The number of carbonyl (C=O) groups excluding carboxylic acids is 2. The maximum absolute atomic E-state index is 13.7. The Morgan fingerprint density at radius 3 is 2.03 bits per heavy atom. The predicted molar refractivity (Wildman–Crippen MR) is 118 cm³/mol. The summed E-state index contributed by atoms with van der Waals surface area (Å²) >= 11 is 0. The smallest absolute Gasteiger partial charge is 0.447 e. The van der Waals surface area contributed by atoms with Gasteiger partial charge < -0.3 is 24.1 Å². The molecule has 13 heteroatoms. The average molecular weight is 515 g/mol. The Morgan fingerprint density at radius 2 is 1.53 bits per heavy atom. The van der Waals surface area contributed by atoms with Crippen molar-refractivity contribution in [1.29, 1.82) is 0 Å². The van der Waals surface area contributed by atoms with E-state index < -0.39 is 60.0 Å². The molecule has 0 spiro atoms. The summed E-state index contributed by atoms with van der Waals surface area (Å²) in [7, 11) is -1.21. The standard InChI is InChI=1S/C23H23BF5NO6/c1-12(31)33-19(13-8-14(25)10-15(26)9-13)20(32)30-16-6-7-17(18(11-16)34-23(27,28)29)24-35-21(2,3)22(4,5)36-24/h6-11,19H,1-5H3,(H,30,32). The molecule has 0 aliphatic carbocycles. The maximum Gasteiger partial charge on any atom is 0.573 e. The van der Waals surface area contributed by atoms with Crippen molar-refractivity contribution in [2.45, 2.75) is 58.3 Å². The summed E-state index contributed by atoms with van der Waals surface area (Å²) in [5.74, 6) is -4.77. The zero-order chi connectivity index (χ0) is 27.1. The van der Waals surface area contributed by atoms with E-state index in [0.717, 1.165) is 25.1 Å². The number of benzene rings is 2. The van der Waals surface area contributed by atoms with E-state index >= 15 is 0 Å². The van der Waals surface area contributed by atoms with Gasteiger partial charge in [-0.1, -0.05) is 6.07 Å². The Kier molecular flexibility index (Phi) is 7.38. The van der Waals surface area contributed by atoms with E-state index in [0.29, 0.717) is 6.07 Å². The van der Waals surface area contributed by atoms with Crippen molar-refractivity contribution in [2.75, 3.05) is 5.32 Å². The Bertz CT molecular complexity index is 1130. The molecule has 7 nitrogen and oxygen atoms in total. The lowest BCUT2D eigenvalue weighted by atomic mass is 9.78. The van der Waals surface area contributed by atoms with Gasteiger partial charge in [0.25, 0.3) is 5.91 Å². The topological polar surface area (TPSA) is 83.1 Å². The zero-order valence-corrected chi connectivity index (χ0v) is 20.0. The van der Waals surface area contributed by atoms with Gasteiger partial charge in [-0.05, 0) is 45.9 Å². The third-order valence-electron chi connectivity index (χ3n) is 5.72. The molecule has 2 aromatic rings. The van der Waals surface area contributed by atoms with E-state index in [9.17, 15) is 31.5 Å². The number of halogens is 5. The molecule has 1 fully saturated rings. The molecule has 0 aromatic heterocycles. The second-order valence-corrected chi connectivity index (χ2v) is 9.07. The zero-order valence-electron chi connectivity index (χ0n) is 20.0. The van der Waals surface area contributed by atoms with Crippen LogP contribution in [0.1, 0.15) is 46.3 Å². The number of rotatable bonds is 6. The maximum atomic E-state index is 13.7. The van der Waals surface area contributed by atoms with Crippen LogP contribution >= 0.6 is 0 Å². The highest BCUT2D eigenvalue weighted by Gasteiger charge is 2.53. The fraction of sp³-hybridized carbons (Fsp3) is 0.391. The Hall–Kier alpha value is -3.19. The summed E-state index contributed by atoms with van der Waals surface area (Å²) < 4.78 is 87.5. The van der Waals surface area contributed by atoms with Crippen LogP contribution in [0.3, 0.4) is 0 Å². The largest absolute Gasteiger partial charge is 0.573 e. The van der Waals surface area contributed by atoms with Crippen LogP contribution in [0, 0.1) is 11.6 Å². The van der Waals surface area contributed by atoms with Gasteiger partial charge in [-0.2, -0.15) is 0 Å². The van der Waals surface area contributed by atoms with Gasteiger partial charge in [-0.15, -0.1) is 13.2 Å². The summed E-state index contributed by atoms with van der Waals surface area (Å²) in [6, 6.07) is 5.47. The molecule has 2 aromatic carbocycles. The van der Waals surface area contributed by atoms with Crippen LogP contribution in [-0.2, 0) is 23.6 Å². The molecule has 36 heavy (non-hydrogen) atoms. The molecule has 1 N–H and O–H groups in total. The first kappa shape index (κ1) is 27.4. The van der Waals surface area contributed by atoms with Crippen LogP contribution in [0.25, 0.3) is 0 Å². The van der Waals surface area contributed by atoms with E-state index in [1.807, 2.05) is 0 Å². The quantitative estimate of drug-likeness (QED) is 0.349. The molecule has 1 aliphatic rings. The van der Waals surface area contributed by atoms with Gasteiger partial charge in [0.05, 0.1) is 11.2 Å². The van der Waals surface area contributed by atoms with Gasteiger partial charge >= 0.3 is 19.5 Å². The third-order valence-corrected chi connectivity index (χ3v) is 5.72. The summed E-state index contributed by atoms with van der Waals surface area (Å²) in [6.45, 7) is 7.85. The third kappa shape index (κ3) is 6.32. The van der Waals surface area contributed by atoms with Crippen molar-refractivity contribution in [3.63, 3.8) is 0 Å². The van der Waals surface area contributed by atoms with Gasteiger partial charge in [-0.25, -0.2) is 8.78 Å². The number of hydrogen-bond donors (Lipinski definition) is 1. The fourth-order valence-electron chi connectivity index (χ4n) is 3.36. The highest BCUT2D eigenvalue weighted by molar-refractivity contribution is 6.63. The molecule has 0 bridgehead atoms. The highest BCUT2D eigenvalue weighted by Crippen LogP contribution is 2.38. The molecule has 194 valence electrons. The summed E-state index contributed by atoms with van der Waals surface area (Å²) in [5, 5.41) is 2.27. The summed E-state index contributed by atoms with van der Waals surface area (Å²) in [6.07, 6.45) is -6.87. The van der Waals surface area contributed by atoms with Crippen LogP contribution < -0.4 is 15.5 Å². The lowest BCUT2D eigenvalue weighted by Gasteiger charge is -2.32. The van der Waals surface area contributed by atoms with E-state index in [-0.39, 0.29) is 16.7 Å². The molecule has 3 rings (SSSR count). The van der Waals surface area contributed by atoms with Gasteiger partial charge in [0.15, 0.2) is 0 Å². The minimum absolute atomic E-state index is 0.0901. The number of hydrogen-bond acceptors (Lipinski definition) is 6. The average Bonchev–Trinajstić information content (AvgIpc) is 2.91. The number of amides is 1. The molecule has 1 atom stereocenters. The number of esters is 1. The van der Waals surface area contributed by atoms with E-state index in [2.05, 4.69) is 10.1 Å². The van der Waals surface area contributed by atoms with E-state index in [4.69, 9.17) is 14.0 Å². The van der Waals surface area contributed by atoms with E-state index in [1.165, 1.54) is 12.1 Å². The summed E-state index contributed by atoms with van der Waals surface area (Å²) in [5.41, 5.74) is -2.29. The molecule has 1 amide bonds. The second-order valence-electron chi connectivity index (χ2n) is 9.07. The molecule has 1 unspecified atom stereocenters. The first-order chi connectivity index (χ1) is 16.5. The first-order valence-corrected chi connectivity index (χ1v) is 10.7. The first-order valence-electron chi connectivity index (χ1n) is 10.7. The molecule has 0 radical (unpaired) electrons. The SMILES string of the molecule is CC(=O)OC(C(=O)Nc1ccc(B2OC(C)(C)C(C)(C)O2)c(OC(F)(F)F)c1)c1cc(F)cc(F)c1. The molecular formula is C23H23BF5NO6. The van der Waals surface area contributed by atoms with Crippen molar-refractivity contribution >= 4 is 30.1 Å².